The molecule has 1 aromatic carbocycles. The Morgan fingerprint density at radius 1 is 1.18 bits per heavy atom. The van der Waals surface area contributed by atoms with Gasteiger partial charge in [-0.05, 0) is 41.7 Å². The van der Waals surface area contributed by atoms with Crippen molar-refractivity contribution in [3.8, 4) is 0 Å². The molecule has 0 radical (unpaired) electrons. The first-order valence-corrected chi connectivity index (χ1v) is 7.12. The molecule has 0 aromatic heterocycles. The molecule has 1 aromatic rings. The van der Waals surface area contributed by atoms with Crippen molar-refractivity contribution in [3.63, 3.8) is 0 Å². The van der Waals surface area contributed by atoms with E-state index in [4.69, 9.17) is 0 Å². The first kappa shape index (κ1) is 14.4. The summed E-state index contributed by atoms with van der Waals surface area (Å²) in [6.07, 6.45) is 1.11. The molecule has 96 valence electrons. The molecule has 0 aliphatic rings. The van der Waals surface area contributed by atoms with Gasteiger partial charge in [0.05, 0.1) is 0 Å². The van der Waals surface area contributed by atoms with Gasteiger partial charge in [-0.3, -0.25) is 0 Å². The van der Waals surface area contributed by atoms with Gasteiger partial charge in [0.15, 0.2) is 0 Å². The van der Waals surface area contributed by atoms with E-state index < -0.39 is 0 Å². The second kappa shape index (κ2) is 6.95. The summed E-state index contributed by atoms with van der Waals surface area (Å²) in [5.41, 5.74) is 2.70. The summed E-state index contributed by atoms with van der Waals surface area (Å²) in [4.78, 5) is 2.33. The number of anilines is 1. The van der Waals surface area contributed by atoms with Crippen molar-refractivity contribution in [1.29, 1.82) is 0 Å². The van der Waals surface area contributed by atoms with E-state index in [0.29, 0.717) is 11.8 Å². The van der Waals surface area contributed by atoms with Crippen LogP contribution >= 0.6 is 12.6 Å². The third kappa shape index (κ3) is 4.27. The van der Waals surface area contributed by atoms with Gasteiger partial charge in [-0.2, -0.15) is 12.6 Å². The topological polar surface area (TPSA) is 3.24 Å². The molecule has 0 saturated heterocycles. The van der Waals surface area contributed by atoms with Gasteiger partial charge in [0.1, 0.15) is 0 Å². The van der Waals surface area contributed by atoms with Crippen LogP contribution in [0.3, 0.4) is 0 Å². The highest BCUT2D eigenvalue weighted by Gasteiger charge is 2.14. The summed E-state index contributed by atoms with van der Waals surface area (Å²) in [6, 6.07) is 8.87. The Labute approximate surface area is 112 Å². The first-order chi connectivity index (χ1) is 8.08. The summed E-state index contributed by atoms with van der Waals surface area (Å²) < 4.78 is 0. The van der Waals surface area contributed by atoms with E-state index in [0.717, 1.165) is 18.7 Å². The molecular formula is C15H25NS. The minimum atomic E-state index is 0.647. The molecule has 0 saturated carbocycles. The zero-order valence-corrected chi connectivity index (χ0v) is 12.4. The highest BCUT2D eigenvalue weighted by atomic mass is 32.1. The van der Waals surface area contributed by atoms with Crippen LogP contribution in [0.2, 0.25) is 0 Å². The van der Waals surface area contributed by atoms with Gasteiger partial charge in [-0.15, -0.1) is 0 Å². The molecule has 1 nitrogen and oxygen atoms in total. The standard InChI is InChI=1S/C15H25NS/c1-5-13-6-8-15(9-7-13)16(4)10-14(11-17)12(2)3/h6-9,12,14,17H,5,10-11H2,1-4H3. The van der Waals surface area contributed by atoms with Gasteiger partial charge in [-0.1, -0.05) is 32.9 Å². The number of nitrogens with zero attached hydrogens (tertiary/aromatic N) is 1. The van der Waals surface area contributed by atoms with E-state index in [1.54, 1.807) is 0 Å². The maximum absolute atomic E-state index is 4.45. The Morgan fingerprint density at radius 3 is 2.18 bits per heavy atom. The number of hydrogen-bond acceptors (Lipinski definition) is 2. The molecule has 0 aliphatic heterocycles. The van der Waals surface area contributed by atoms with Crippen molar-refractivity contribution in [3.05, 3.63) is 29.8 Å². The van der Waals surface area contributed by atoms with Gasteiger partial charge < -0.3 is 4.90 Å². The van der Waals surface area contributed by atoms with Crippen molar-refractivity contribution >= 4 is 18.3 Å². The fourth-order valence-electron chi connectivity index (χ4n) is 1.92. The zero-order chi connectivity index (χ0) is 12.8. The maximum Gasteiger partial charge on any atom is 0.0363 e. The number of rotatable bonds is 6. The van der Waals surface area contributed by atoms with Crippen LogP contribution in [-0.4, -0.2) is 19.3 Å². The summed E-state index contributed by atoms with van der Waals surface area (Å²) in [5.74, 6) is 2.29. The van der Waals surface area contributed by atoms with E-state index >= 15 is 0 Å². The first-order valence-electron chi connectivity index (χ1n) is 6.49. The smallest absolute Gasteiger partial charge is 0.0363 e. The SMILES string of the molecule is CCc1ccc(N(C)CC(CS)C(C)C)cc1. The largest absolute Gasteiger partial charge is 0.374 e. The fourth-order valence-corrected chi connectivity index (χ4v) is 2.46. The Kier molecular flexibility index (Phi) is 5.90. The Hall–Kier alpha value is -0.630. The summed E-state index contributed by atoms with van der Waals surface area (Å²) in [7, 11) is 2.17. The molecule has 0 amide bonds. The Balaban J connectivity index is 2.65. The van der Waals surface area contributed by atoms with Crippen LogP contribution in [0, 0.1) is 11.8 Å². The van der Waals surface area contributed by atoms with Crippen LogP contribution in [0.5, 0.6) is 0 Å². The van der Waals surface area contributed by atoms with Crippen molar-refractivity contribution < 1.29 is 0 Å². The highest BCUT2D eigenvalue weighted by Crippen LogP contribution is 2.19. The molecule has 0 aliphatic carbocycles. The van der Waals surface area contributed by atoms with Crippen LogP contribution < -0.4 is 4.90 Å². The average molecular weight is 251 g/mol. The molecule has 1 unspecified atom stereocenters. The van der Waals surface area contributed by atoms with Crippen molar-refractivity contribution in [2.75, 3.05) is 24.2 Å². The van der Waals surface area contributed by atoms with Crippen LogP contribution in [0.15, 0.2) is 24.3 Å². The summed E-state index contributed by atoms with van der Waals surface area (Å²) >= 11 is 4.45. The van der Waals surface area contributed by atoms with Gasteiger partial charge >= 0.3 is 0 Å². The molecule has 1 atom stereocenters. The van der Waals surface area contributed by atoms with E-state index in [2.05, 4.69) is 69.6 Å². The predicted molar refractivity (Wildman–Crippen MR) is 81.3 cm³/mol. The monoisotopic (exact) mass is 251 g/mol. The predicted octanol–water partition coefficient (Wildman–Crippen LogP) is 3.89. The van der Waals surface area contributed by atoms with Gasteiger partial charge in [0.2, 0.25) is 0 Å². The van der Waals surface area contributed by atoms with Crippen molar-refractivity contribution in [2.45, 2.75) is 27.2 Å². The van der Waals surface area contributed by atoms with Crippen molar-refractivity contribution in [2.24, 2.45) is 11.8 Å². The summed E-state index contributed by atoms with van der Waals surface area (Å²) in [6.45, 7) is 7.81. The Bertz CT molecular complexity index is 318. The van der Waals surface area contributed by atoms with Gasteiger partial charge in [0.25, 0.3) is 0 Å². The van der Waals surface area contributed by atoms with E-state index in [1.165, 1.54) is 11.3 Å². The minimum Gasteiger partial charge on any atom is -0.374 e. The highest BCUT2D eigenvalue weighted by molar-refractivity contribution is 7.80. The average Bonchev–Trinajstić information content (AvgIpc) is 2.35. The maximum atomic E-state index is 4.45. The van der Waals surface area contributed by atoms with Crippen LogP contribution in [0.1, 0.15) is 26.3 Å². The third-order valence-corrected chi connectivity index (χ3v) is 3.94. The molecule has 0 heterocycles. The van der Waals surface area contributed by atoms with Gasteiger partial charge in [-0.25, -0.2) is 0 Å². The zero-order valence-electron chi connectivity index (χ0n) is 11.5. The van der Waals surface area contributed by atoms with Crippen LogP contribution in [0.25, 0.3) is 0 Å². The van der Waals surface area contributed by atoms with Crippen LogP contribution in [-0.2, 0) is 6.42 Å². The Morgan fingerprint density at radius 2 is 1.76 bits per heavy atom. The van der Waals surface area contributed by atoms with E-state index in [-0.39, 0.29) is 0 Å². The summed E-state index contributed by atoms with van der Waals surface area (Å²) in [5, 5.41) is 0. The second-order valence-electron chi connectivity index (χ2n) is 5.09. The molecular weight excluding hydrogens is 226 g/mol. The molecule has 17 heavy (non-hydrogen) atoms. The minimum absolute atomic E-state index is 0.647. The third-order valence-electron chi connectivity index (χ3n) is 3.47. The number of aryl methyl sites for hydroxylation is 1. The molecule has 2 heteroatoms. The normalized spacial score (nSPS) is 12.8. The fraction of sp³-hybridized carbons (Fsp3) is 0.600. The number of thiol groups is 1. The second-order valence-corrected chi connectivity index (χ2v) is 5.45. The molecule has 0 fully saturated rings. The molecule has 0 N–H and O–H groups in total. The molecule has 0 spiro atoms. The van der Waals surface area contributed by atoms with E-state index in [1.807, 2.05) is 0 Å². The molecule has 0 bridgehead atoms. The number of hydrogen-bond donors (Lipinski definition) is 1. The quantitative estimate of drug-likeness (QED) is 0.751. The number of benzene rings is 1. The lowest BCUT2D eigenvalue weighted by atomic mass is 9.97. The lowest BCUT2D eigenvalue weighted by molar-refractivity contribution is 0.430. The lowest BCUT2D eigenvalue weighted by Gasteiger charge is -2.27. The molecule has 1 rings (SSSR count). The van der Waals surface area contributed by atoms with Crippen LogP contribution in [0.4, 0.5) is 5.69 Å². The lowest BCUT2D eigenvalue weighted by Crippen LogP contribution is -2.29. The van der Waals surface area contributed by atoms with Crippen molar-refractivity contribution in [1.82, 2.24) is 0 Å². The van der Waals surface area contributed by atoms with E-state index in [9.17, 15) is 0 Å². The van der Waals surface area contributed by atoms with Gasteiger partial charge in [0, 0.05) is 19.3 Å².